The molecule has 0 saturated carbocycles. The maximum atomic E-state index is 13.5. The number of ketones is 1. The Labute approximate surface area is 237 Å². The third-order valence-corrected chi connectivity index (χ3v) is 7.34. The van der Waals surface area contributed by atoms with Crippen LogP contribution in [-0.4, -0.2) is 21.9 Å². The number of aryl methyl sites for hydroxylation is 2. The van der Waals surface area contributed by atoms with E-state index in [0.717, 1.165) is 23.1 Å². The quantitative estimate of drug-likeness (QED) is 0.144. The highest BCUT2D eigenvalue weighted by atomic mass is 35.5. The molecule has 0 bridgehead atoms. The van der Waals surface area contributed by atoms with Gasteiger partial charge in [-0.05, 0) is 78.1 Å². The molecule has 5 rings (SSSR count). The number of aliphatic hydroxyl groups is 1. The van der Waals surface area contributed by atoms with E-state index in [1.807, 2.05) is 56.3 Å². The highest BCUT2D eigenvalue weighted by molar-refractivity contribution is 6.51. The summed E-state index contributed by atoms with van der Waals surface area (Å²) >= 11 is 6.22. The summed E-state index contributed by atoms with van der Waals surface area (Å²) < 4.78 is 5.96. The second kappa shape index (κ2) is 11.3. The number of anilines is 1. The zero-order valence-electron chi connectivity index (χ0n) is 22.1. The smallest absolute Gasteiger partial charge is 0.300 e. The van der Waals surface area contributed by atoms with Gasteiger partial charge in [-0.2, -0.15) is 0 Å². The number of halogens is 1. The van der Waals surface area contributed by atoms with E-state index >= 15 is 0 Å². The lowest BCUT2D eigenvalue weighted by molar-refractivity contribution is -0.132. The van der Waals surface area contributed by atoms with Gasteiger partial charge >= 0.3 is 0 Å². The van der Waals surface area contributed by atoms with Crippen molar-refractivity contribution in [3.63, 3.8) is 0 Å². The number of rotatable bonds is 7. The molecule has 7 heteroatoms. The van der Waals surface area contributed by atoms with Crippen LogP contribution in [0.15, 0.2) is 96.6 Å². The molecule has 0 spiro atoms. The average molecular weight is 554 g/mol. The largest absolute Gasteiger partial charge is 0.507 e. The first-order valence-electron chi connectivity index (χ1n) is 12.9. The summed E-state index contributed by atoms with van der Waals surface area (Å²) in [5, 5.41) is 21.6. The van der Waals surface area contributed by atoms with Crippen LogP contribution in [0.3, 0.4) is 0 Å². The van der Waals surface area contributed by atoms with E-state index < -0.39 is 17.7 Å². The summed E-state index contributed by atoms with van der Waals surface area (Å²) in [5.41, 5.74) is 4.15. The molecule has 4 aromatic carbocycles. The third-order valence-electron chi connectivity index (χ3n) is 7.04. The number of phenols is 1. The summed E-state index contributed by atoms with van der Waals surface area (Å²) in [6, 6.07) is 25.8. The van der Waals surface area contributed by atoms with E-state index in [-0.39, 0.29) is 22.1 Å². The fourth-order valence-electron chi connectivity index (χ4n) is 4.85. The van der Waals surface area contributed by atoms with E-state index in [2.05, 4.69) is 0 Å². The second-order valence-corrected chi connectivity index (χ2v) is 10.1. The summed E-state index contributed by atoms with van der Waals surface area (Å²) in [5.74, 6) is -1.37. The van der Waals surface area contributed by atoms with E-state index in [0.29, 0.717) is 29.2 Å². The highest BCUT2D eigenvalue weighted by Crippen LogP contribution is 2.43. The first kappa shape index (κ1) is 27.0. The molecule has 1 aliphatic rings. The van der Waals surface area contributed by atoms with Gasteiger partial charge < -0.3 is 14.9 Å². The minimum atomic E-state index is -0.958. The summed E-state index contributed by atoms with van der Waals surface area (Å²) in [4.78, 5) is 28.2. The van der Waals surface area contributed by atoms with Crippen molar-refractivity contribution in [3.8, 4) is 11.5 Å². The molecule has 1 heterocycles. The van der Waals surface area contributed by atoms with Gasteiger partial charge in [-0.3, -0.25) is 14.5 Å². The molecule has 40 heavy (non-hydrogen) atoms. The van der Waals surface area contributed by atoms with Crippen molar-refractivity contribution in [2.24, 2.45) is 0 Å². The molecule has 4 aromatic rings. The Morgan fingerprint density at radius 1 is 0.925 bits per heavy atom. The van der Waals surface area contributed by atoms with Crippen molar-refractivity contribution in [3.05, 3.63) is 129 Å². The number of aliphatic hydroxyl groups excluding tert-OH is 1. The number of benzene rings is 4. The number of phenolic OH excluding ortho intramolecular Hbond substituents is 1. The van der Waals surface area contributed by atoms with Crippen LogP contribution in [0.2, 0.25) is 5.02 Å². The maximum Gasteiger partial charge on any atom is 0.300 e. The van der Waals surface area contributed by atoms with Gasteiger partial charge in [0, 0.05) is 11.3 Å². The van der Waals surface area contributed by atoms with Crippen molar-refractivity contribution in [1.82, 2.24) is 0 Å². The van der Waals surface area contributed by atoms with Crippen molar-refractivity contribution >= 4 is 34.7 Å². The van der Waals surface area contributed by atoms with Gasteiger partial charge in [0.05, 0.1) is 16.6 Å². The predicted molar refractivity (Wildman–Crippen MR) is 156 cm³/mol. The number of amides is 1. The number of hydrogen-bond donors (Lipinski definition) is 2. The molecule has 0 aromatic heterocycles. The Balaban J connectivity index is 1.57. The summed E-state index contributed by atoms with van der Waals surface area (Å²) in [6.07, 6.45) is 0.820. The Morgan fingerprint density at radius 2 is 1.65 bits per heavy atom. The molecule has 1 fully saturated rings. The van der Waals surface area contributed by atoms with Crippen LogP contribution in [0, 0.1) is 6.92 Å². The van der Waals surface area contributed by atoms with Crippen molar-refractivity contribution in [1.29, 1.82) is 0 Å². The fourth-order valence-corrected chi connectivity index (χ4v) is 5.04. The summed E-state index contributed by atoms with van der Waals surface area (Å²) in [7, 11) is 0. The van der Waals surface area contributed by atoms with Crippen LogP contribution in [0.1, 0.15) is 40.8 Å². The van der Waals surface area contributed by atoms with Gasteiger partial charge in [-0.1, -0.05) is 67.1 Å². The van der Waals surface area contributed by atoms with Crippen molar-refractivity contribution < 1.29 is 24.5 Å². The molecule has 1 saturated heterocycles. The lowest BCUT2D eigenvalue weighted by Crippen LogP contribution is -2.29. The third kappa shape index (κ3) is 5.18. The second-order valence-electron chi connectivity index (χ2n) is 9.65. The molecule has 2 N–H and O–H groups in total. The predicted octanol–water partition coefficient (Wildman–Crippen LogP) is 7.12. The van der Waals surface area contributed by atoms with Gasteiger partial charge in [-0.25, -0.2) is 0 Å². The zero-order valence-corrected chi connectivity index (χ0v) is 22.9. The molecule has 6 nitrogen and oxygen atoms in total. The highest BCUT2D eigenvalue weighted by Gasteiger charge is 2.47. The molecule has 0 aliphatic carbocycles. The van der Waals surface area contributed by atoms with E-state index in [1.165, 1.54) is 17.0 Å². The zero-order chi connectivity index (χ0) is 28.4. The Bertz CT molecular complexity index is 1610. The Morgan fingerprint density at radius 3 is 2.30 bits per heavy atom. The van der Waals surface area contributed by atoms with Gasteiger partial charge in [-0.15, -0.1) is 0 Å². The number of aromatic hydroxyl groups is 1. The van der Waals surface area contributed by atoms with Crippen LogP contribution in [0.25, 0.3) is 5.76 Å². The standard InChI is InChI=1S/C33H28ClNO5/c1-3-21-9-13-25(14-10-21)35-30(23-11-15-27(36)26(34)18-23)29(32(38)33(35)39)31(37)24-12-16-28(20(2)17-24)40-19-22-7-5-4-6-8-22/h4-18,30,36-37H,3,19H2,1-2H3/b31-29-. The van der Waals surface area contributed by atoms with Gasteiger partial charge in [0.25, 0.3) is 11.7 Å². The number of carbonyl (C=O) groups excluding carboxylic acids is 2. The topological polar surface area (TPSA) is 87.1 Å². The van der Waals surface area contributed by atoms with Gasteiger partial charge in [0.15, 0.2) is 0 Å². The number of nitrogens with zero attached hydrogens (tertiary/aromatic N) is 1. The number of carbonyl (C=O) groups is 2. The lowest BCUT2D eigenvalue weighted by atomic mass is 9.94. The minimum absolute atomic E-state index is 0.0660. The van der Waals surface area contributed by atoms with Crippen molar-refractivity contribution in [2.45, 2.75) is 32.9 Å². The molecule has 1 atom stereocenters. The van der Waals surface area contributed by atoms with E-state index in [9.17, 15) is 19.8 Å². The van der Waals surface area contributed by atoms with Gasteiger partial charge in [0.1, 0.15) is 23.9 Å². The Kier molecular flexibility index (Phi) is 7.63. The maximum absolute atomic E-state index is 13.5. The normalized spacial score (nSPS) is 16.4. The molecule has 1 amide bonds. The van der Waals surface area contributed by atoms with E-state index in [4.69, 9.17) is 16.3 Å². The minimum Gasteiger partial charge on any atom is -0.507 e. The van der Waals surface area contributed by atoms with Crippen molar-refractivity contribution in [2.75, 3.05) is 4.90 Å². The van der Waals surface area contributed by atoms with Crippen LogP contribution >= 0.6 is 11.6 Å². The Hall–Kier alpha value is -4.55. The number of ether oxygens (including phenoxy) is 1. The van der Waals surface area contributed by atoms with Gasteiger partial charge in [0.2, 0.25) is 0 Å². The molecule has 202 valence electrons. The molecule has 0 radical (unpaired) electrons. The lowest BCUT2D eigenvalue weighted by Gasteiger charge is -2.26. The first-order valence-corrected chi connectivity index (χ1v) is 13.3. The monoisotopic (exact) mass is 553 g/mol. The van der Waals surface area contributed by atoms with Crippen LogP contribution < -0.4 is 9.64 Å². The molecular formula is C33H28ClNO5. The number of Topliss-reactive ketones (excluding diaryl/α,β-unsaturated/α-hetero) is 1. The fraction of sp³-hybridized carbons (Fsp3) is 0.152. The SMILES string of the molecule is CCc1ccc(N2C(=O)C(=O)/C(=C(\O)c3ccc(OCc4ccccc4)c(C)c3)C2c2ccc(O)c(Cl)c2)cc1. The molecule has 1 aliphatic heterocycles. The first-order chi connectivity index (χ1) is 19.3. The van der Waals surface area contributed by atoms with Crippen LogP contribution in [0.4, 0.5) is 5.69 Å². The van der Waals surface area contributed by atoms with E-state index in [1.54, 1.807) is 36.4 Å². The number of hydrogen-bond acceptors (Lipinski definition) is 5. The van der Waals surface area contributed by atoms with Crippen LogP contribution in [0.5, 0.6) is 11.5 Å². The molecular weight excluding hydrogens is 526 g/mol. The molecule has 1 unspecified atom stereocenters. The average Bonchev–Trinajstić information content (AvgIpc) is 3.24. The van der Waals surface area contributed by atoms with Crippen LogP contribution in [-0.2, 0) is 22.6 Å². The summed E-state index contributed by atoms with van der Waals surface area (Å²) in [6.45, 7) is 4.26.